The van der Waals surface area contributed by atoms with Crippen LogP contribution in [0.2, 0.25) is 0 Å². The van der Waals surface area contributed by atoms with Crippen LogP contribution in [-0.2, 0) is 0 Å². The molecule has 1 atom stereocenters. The molecule has 0 amide bonds. The molecule has 1 aliphatic rings. The predicted molar refractivity (Wildman–Crippen MR) is 63.8 cm³/mol. The highest BCUT2D eigenvalue weighted by atomic mass is 35.5. The Morgan fingerprint density at radius 1 is 1.27 bits per heavy atom. The second-order valence-electron chi connectivity index (χ2n) is 4.43. The van der Waals surface area contributed by atoms with Crippen LogP contribution in [0, 0.1) is 19.8 Å². The Hall–Kier alpha value is -0.690. The van der Waals surface area contributed by atoms with Crippen molar-refractivity contribution in [2.45, 2.75) is 32.1 Å². The summed E-state index contributed by atoms with van der Waals surface area (Å²) in [5.74, 6) is 1.68. The number of methoxy groups -OCH3 is 1. The summed E-state index contributed by atoms with van der Waals surface area (Å²) < 4.78 is 5.34. The molecule has 0 spiro atoms. The van der Waals surface area contributed by atoms with E-state index >= 15 is 0 Å². The highest BCUT2D eigenvalue weighted by molar-refractivity contribution is 6.21. The molecule has 1 saturated carbocycles. The molecule has 1 aliphatic carbocycles. The third kappa shape index (κ3) is 2.12. The van der Waals surface area contributed by atoms with Gasteiger partial charge < -0.3 is 4.74 Å². The maximum atomic E-state index is 6.40. The summed E-state index contributed by atoms with van der Waals surface area (Å²) in [7, 11) is 1.72. The fourth-order valence-corrected chi connectivity index (χ4v) is 2.50. The van der Waals surface area contributed by atoms with Crippen LogP contribution in [0.5, 0.6) is 5.75 Å². The van der Waals surface area contributed by atoms with Crippen molar-refractivity contribution in [2.24, 2.45) is 5.92 Å². The van der Waals surface area contributed by atoms with Gasteiger partial charge in [-0.15, -0.1) is 11.6 Å². The standard InChI is InChI=1S/C13H17ClO/c1-8-6-11(12(14)10-4-5-10)7-9(2)13(8)15-3/h6-7,10,12H,4-5H2,1-3H3. The first-order valence-electron chi connectivity index (χ1n) is 5.42. The van der Waals surface area contributed by atoms with Gasteiger partial charge in [0.15, 0.2) is 0 Å². The lowest BCUT2D eigenvalue weighted by atomic mass is 10.0. The Balaban J connectivity index is 2.33. The van der Waals surface area contributed by atoms with E-state index in [0.29, 0.717) is 5.92 Å². The van der Waals surface area contributed by atoms with Crippen molar-refractivity contribution in [1.29, 1.82) is 0 Å². The minimum absolute atomic E-state index is 0.188. The normalized spacial score (nSPS) is 17.6. The molecule has 1 aromatic rings. The molecule has 2 heteroatoms. The van der Waals surface area contributed by atoms with E-state index < -0.39 is 0 Å². The number of rotatable bonds is 3. The van der Waals surface area contributed by atoms with Gasteiger partial charge in [-0.3, -0.25) is 0 Å². The molecular weight excluding hydrogens is 208 g/mol. The van der Waals surface area contributed by atoms with Crippen LogP contribution in [0.3, 0.4) is 0 Å². The number of halogens is 1. The van der Waals surface area contributed by atoms with Gasteiger partial charge in [0.05, 0.1) is 12.5 Å². The van der Waals surface area contributed by atoms with Gasteiger partial charge in [0.2, 0.25) is 0 Å². The number of hydrogen-bond acceptors (Lipinski definition) is 1. The van der Waals surface area contributed by atoms with E-state index in [1.165, 1.54) is 29.5 Å². The molecule has 0 heterocycles. The largest absolute Gasteiger partial charge is 0.496 e. The summed E-state index contributed by atoms with van der Waals surface area (Å²) in [6.45, 7) is 4.15. The van der Waals surface area contributed by atoms with Crippen molar-refractivity contribution >= 4 is 11.6 Å². The van der Waals surface area contributed by atoms with Crippen LogP contribution in [0.1, 0.15) is 34.9 Å². The van der Waals surface area contributed by atoms with E-state index in [4.69, 9.17) is 16.3 Å². The Morgan fingerprint density at radius 3 is 2.20 bits per heavy atom. The highest BCUT2D eigenvalue weighted by Gasteiger charge is 2.31. The maximum Gasteiger partial charge on any atom is 0.124 e. The van der Waals surface area contributed by atoms with E-state index in [1.807, 2.05) is 0 Å². The fourth-order valence-electron chi connectivity index (χ4n) is 2.13. The van der Waals surface area contributed by atoms with Gasteiger partial charge in [0.25, 0.3) is 0 Å². The zero-order valence-electron chi connectivity index (χ0n) is 9.51. The van der Waals surface area contributed by atoms with Gasteiger partial charge in [0.1, 0.15) is 5.75 Å². The van der Waals surface area contributed by atoms with Crippen molar-refractivity contribution in [1.82, 2.24) is 0 Å². The Kier molecular flexibility index (Phi) is 2.92. The van der Waals surface area contributed by atoms with Crippen molar-refractivity contribution in [3.63, 3.8) is 0 Å². The third-order valence-corrected chi connectivity index (χ3v) is 3.65. The topological polar surface area (TPSA) is 9.23 Å². The zero-order valence-corrected chi connectivity index (χ0v) is 10.3. The molecule has 2 rings (SSSR count). The number of hydrogen-bond donors (Lipinski definition) is 0. The molecule has 1 unspecified atom stereocenters. The molecule has 0 radical (unpaired) electrons. The van der Waals surface area contributed by atoms with Crippen molar-refractivity contribution in [3.8, 4) is 5.75 Å². The quantitative estimate of drug-likeness (QED) is 0.706. The van der Waals surface area contributed by atoms with Crippen LogP contribution in [0.25, 0.3) is 0 Å². The molecule has 0 N–H and O–H groups in total. The smallest absolute Gasteiger partial charge is 0.124 e. The minimum atomic E-state index is 0.188. The molecule has 0 bridgehead atoms. The van der Waals surface area contributed by atoms with Gasteiger partial charge in [-0.2, -0.15) is 0 Å². The second kappa shape index (κ2) is 4.05. The molecule has 0 saturated heterocycles. The summed E-state index contributed by atoms with van der Waals surface area (Å²) in [5, 5.41) is 0.188. The molecule has 0 aliphatic heterocycles. The number of ether oxygens (including phenoxy) is 1. The molecular formula is C13H17ClO. The zero-order chi connectivity index (χ0) is 11.0. The lowest BCUT2D eigenvalue weighted by molar-refractivity contribution is 0.408. The molecule has 15 heavy (non-hydrogen) atoms. The summed E-state index contributed by atoms with van der Waals surface area (Å²) in [6.07, 6.45) is 2.55. The van der Waals surface area contributed by atoms with Gasteiger partial charge in [-0.05, 0) is 49.3 Å². The van der Waals surface area contributed by atoms with Crippen molar-refractivity contribution in [3.05, 3.63) is 28.8 Å². The van der Waals surface area contributed by atoms with E-state index in [9.17, 15) is 0 Å². The molecule has 1 aromatic carbocycles. The summed E-state index contributed by atoms with van der Waals surface area (Å²) in [5.41, 5.74) is 3.60. The summed E-state index contributed by atoms with van der Waals surface area (Å²) in [6, 6.07) is 4.31. The SMILES string of the molecule is COc1c(C)cc(C(Cl)C2CC2)cc1C. The van der Waals surface area contributed by atoms with E-state index in [1.54, 1.807) is 7.11 Å². The summed E-state index contributed by atoms with van der Waals surface area (Å²) in [4.78, 5) is 0. The lowest BCUT2D eigenvalue weighted by Gasteiger charge is -2.14. The number of benzene rings is 1. The van der Waals surface area contributed by atoms with E-state index in [2.05, 4.69) is 26.0 Å². The molecule has 1 fully saturated rings. The second-order valence-corrected chi connectivity index (χ2v) is 4.90. The molecule has 0 aromatic heterocycles. The van der Waals surface area contributed by atoms with Crippen LogP contribution >= 0.6 is 11.6 Å². The lowest BCUT2D eigenvalue weighted by Crippen LogP contribution is -1.97. The van der Waals surface area contributed by atoms with Crippen LogP contribution in [-0.4, -0.2) is 7.11 Å². The predicted octanol–water partition coefficient (Wildman–Crippen LogP) is 4.00. The van der Waals surface area contributed by atoms with E-state index in [0.717, 1.165) is 5.75 Å². The van der Waals surface area contributed by atoms with Crippen LogP contribution in [0.15, 0.2) is 12.1 Å². The highest BCUT2D eigenvalue weighted by Crippen LogP contribution is 2.46. The monoisotopic (exact) mass is 224 g/mol. The average Bonchev–Trinajstić information content (AvgIpc) is 2.99. The fraction of sp³-hybridized carbons (Fsp3) is 0.538. The van der Waals surface area contributed by atoms with Gasteiger partial charge in [-0.25, -0.2) is 0 Å². The first kappa shape index (κ1) is 10.8. The Morgan fingerprint density at radius 2 is 1.80 bits per heavy atom. The summed E-state index contributed by atoms with van der Waals surface area (Å²) >= 11 is 6.40. The minimum Gasteiger partial charge on any atom is -0.496 e. The van der Waals surface area contributed by atoms with Crippen molar-refractivity contribution in [2.75, 3.05) is 7.11 Å². The van der Waals surface area contributed by atoms with Crippen LogP contribution < -0.4 is 4.74 Å². The molecule has 82 valence electrons. The molecule has 1 nitrogen and oxygen atoms in total. The van der Waals surface area contributed by atoms with Gasteiger partial charge >= 0.3 is 0 Å². The third-order valence-electron chi connectivity index (χ3n) is 3.04. The number of alkyl halides is 1. The first-order valence-corrected chi connectivity index (χ1v) is 5.86. The van der Waals surface area contributed by atoms with Crippen LogP contribution in [0.4, 0.5) is 0 Å². The maximum absolute atomic E-state index is 6.40. The Bertz CT molecular complexity index is 346. The Labute approximate surface area is 96.4 Å². The first-order chi connectivity index (χ1) is 7.13. The van der Waals surface area contributed by atoms with Gasteiger partial charge in [-0.1, -0.05) is 12.1 Å². The van der Waals surface area contributed by atoms with Gasteiger partial charge in [0, 0.05) is 0 Å². The van der Waals surface area contributed by atoms with E-state index in [-0.39, 0.29) is 5.38 Å². The van der Waals surface area contributed by atoms with Crippen molar-refractivity contribution < 1.29 is 4.74 Å². The average molecular weight is 225 g/mol. The number of aryl methyl sites for hydroxylation is 2.